The molecule has 0 amide bonds. The van der Waals surface area contributed by atoms with Crippen molar-refractivity contribution in [2.24, 2.45) is 5.92 Å². The van der Waals surface area contributed by atoms with Crippen LogP contribution >= 0.6 is 0 Å². The van der Waals surface area contributed by atoms with Gasteiger partial charge in [0.25, 0.3) is 0 Å². The van der Waals surface area contributed by atoms with Crippen LogP contribution in [0.3, 0.4) is 0 Å². The molecule has 0 spiro atoms. The molecule has 0 saturated heterocycles. The van der Waals surface area contributed by atoms with E-state index in [-0.39, 0.29) is 0 Å². The van der Waals surface area contributed by atoms with Crippen LogP contribution in [0.15, 0.2) is 24.3 Å². The lowest BCUT2D eigenvalue weighted by Crippen LogP contribution is -1.99. The fraction of sp³-hybridized carbons (Fsp3) is 0.385. The first kappa shape index (κ1) is 10.7. The van der Waals surface area contributed by atoms with Gasteiger partial charge in [-0.05, 0) is 30.0 Å². The molecule has 0 bridgehead atoms. The lowest BCUT2D eigenvalue weighted by molar-refractivity contribution is 0.647. The first-order valence-electron chi connectivity index (χ1n) is 4.98. The molecule has 0 saturated carbocycles. The Hall–Kier alpha value is -1.42. The molecule has 1 heteroatoms. The zero-order valence-electron chi connectivity index (χ0n) is 8.88. The Morgan fingerprint density at radius 2 is 1.93 bits per heavy atom. The third-order valence-electron chi connectivity index (χ3n) is 1.99. The van der Waals surface area contributed by atoms with Gasteiger partial charge in [-0.15, -0.1) is 6.42 Å². The monoisotopic (exact) mass is 187 g/mol. The van der Waals surface area contributed by atoms with E-state index in [1.54, 1.807) is 0 Å². The summed E-state index contributed by atoms with van der Waals surface area (Å²) in [5.41, 5.74) is 2.47. The summed E-state index contributed by atoms with van der Waals surface area (Å²) in [5, 5.41) is 3.14. The molecule has 74 valence electrons. The largest absolute Gasteiger partial charge is 0.374 e. The second kappa shape index (κ2) is 5.34. The smallest absolute Gasteiger partial charge is 0.0763 e. The molecule has 1 nitrogen and oxygen atoms in total. The van der Waals surface area contributed by atoms with Crippen molar-refractivity contribution in [1.29, 1.82) is 0 Å². The van der Waals surface area contributed by atoms with Crippen LogP contribution in [-0.2, 0) is 6.42 Å². The summed E-state index contributed by atoms with van der Waals surface area (Å²) in [5.74, 6) is 3.26. The predicted octanol–water partition coefficient (Wildman–Crippen LogP) is 2.93. The van der Waals surface area contributed by atoms with Crippen LogP contribution in [0.2, 0.25) is 0 Å². The van der Waals surface area contributed by atoms with Gasteiger partial charge in [0.15, 0.2) is 0 Å². The van der Waals surface area contributed by atoms with E-state index < -0.39 is 0 Å². The van der Waals surface area contributed by atoms with E-state index in [1.807, 2.05) is 0 Å². The van der Waals surface area contributed by atoms with Gasteiger partial charge in [0.1, 0.15) is 0 Å². The van der Waals surface area contributed by atoms with Gasteiger partial charge >= 0.3 is 0 Å². The van der Waals surface area contributed by atoms with Gasteiger partial charge in [-0.1, -0.05) is 31.9 Å². The fourth-order valence-corrected chi connectivity index (χ4v) is 1.38. The second-order valence-electron chi connectivity index (χ2n) is 3.85. The number of hydrogen-bond acceptors (Lipinski definition) is 1. The number of anilines is 1. The minimum absolute atomic E-state index is 0.587. The van der Waals surface area contributed by atoms with Crippen LogP contribution in [0.5, 0.6) is 0 Å². The topological polar surface area (TPSA) is 12.0 Å². The molecule has 1 aromatic carbocycles. The lowest BCUT2D eigenvalue weighted by Gasteiger charge is -2.06. The average Bonchev–Trinajstić information content (AvgIpc) is 2.16. The van der Waals surface area contributed by atoms with Gasteiger partial charge in [0.05, 0.1) is 6.54 Å². The Morgan fingerprint density at radius 3 is 2.43 bits per heavy atom. The number of benzene rings is 1. The highest BCUT2D eigenvalue weighted by atomic mass is 14.8. The first-order chi connectivity index (χ1) is 6.72. The molecule has 14 heavy (non-hydrogen) atoms. The number of hydrogen-bond donors (Lipinski definition) is 1. The maximum Gasteiger partial charge on any atom is 0.0763 e. The predicted molar refractivity (Wildman–Crippen MR) is 62.3 cm³/mol. The van der Waals surface area contributed by atoms with Crippen LogP contribution in [-0.4, -0.2) is 6.54 Å². The molecule has 0 aliphatic heterocycles. The molecule has 1 aromatic rings. The summed E-state index contributed by atoms with van der Waals surface area (Å²) < 4.78 is 0. The molecule has 0 heterocycles. The highest BCUT2D eigenvalue weighted by Gasteiger charge is 1.97. The lowest BCUT2D eigenvalue weighted by atomic mass is 10.0. The van der Waals surface area contributed by atoms with Crippen molar-refractivity contribution >= 4 is 5.69 Å². The summed E-state index contributed by atoms with van der Waals surface area (Å²) in [6.45, 7) is 5.04. The zero-order chi connectivity index (χ0) is 10.4. The Morgan fingerprint density at radius 1 is 1.29 bits per heavy atom. The van der Waals surface area contributed by atoms with Crippen LogP contribution in [0, 0.1) is 18.3 Å². The van der Waals surface area contributed by atoms with Crippen molar-refractivity contribution in [3.63, 3.8) is 0 Å². The number of rotatable bonds is 4. The van der Waals surface area contributed by atoms with Gasteiger partial charge in [-0.3, -0.25) is 0 Å². The zero-order valence-corrected chi connectivity index (χ0v) is 8.88. The summed E-state index contributed by atoms with van der Waals surface area (Å²) in [7, 11) is 0. The van der Waals surface area contributed by atoms with Crippen molar-refractivity contribution < 1.29 is 0 Å². The standard InChI is InChI=1S/C13H17N/c1-4-9-14-13-7-5-12(6-8-13)10-11(2)3/h1,5-8,11,14H,9-10H2,2-3H3. The normalized spacial score (nSPS) is 9.86. The van der Waals surface area contributed by atoms with Gasteiger partial charge in [0, 0.05) is 5.69 Å². The third-order valence-corrected chi connectivity index (χ3v) is 1.99. The SMILES string of the molecule is C#CCNc1ccc(CC(C)C)cc1. The minimum Gasteiger partial charge on any atom is -0.374 e. The Kier molecular flexibility index (Phi) is 4.07. The summed E-state index contributed by atoms with van der Waals surface area (Å²) >= 11 is 0. The third kappa shape index (κ3) is 3.53. The summed E-state index contributed by atoms with van der Waals surface area (Å²) in [6.07, 6.45) is 6.29. The minimum atomic E-state index is 0.587. The van der Waals surface area contributed by atoms with Gasteiger partial charge < -0.3 is 5.32 Å². The molecule has 1 rings (SSSR count). The maximum absolute atomic E-state index is 5.16. The average molecular weight is 187 g/mol. The van der Waals surface area contributed by atoms with Crippen molar-refractivity contribution in [3.05, 3.63) is 29.8 Å². The summed E-state index contributed by atoms with van der Waals surface area (Å²) in [4.78, 5) is 0. The fourth-order valence-electron chi connectivity index (χ4n) is 1.38. The van der Waals surface area contributed by atoms with Crippen molar-refractivity contribution in [2.45, 2.75) is 20.3 Å². The molecule has 0 radical (unpaired) electrons. The first-order valence-corrected chi connectivity index (χ1v) is 4.98. The Bertz CT molecular complexity index is 303. The van der Waals surface area contributed by atoms with E-state index in [1.165, 1.54) is 5.56 Å². The second-order valence-corrected chi connectivity index (χ2v) is 3.85. The highest BCUT2D eigenvalue weighted by molar-refractivity contribution is 5.45. The molecule has 0 aliphatic rings. The molecule has 1 N–H and O–H groups in total. The Balaban J connectivity index is 2.56. The van der Waals surface area contributed by atoms with E-state index in [0.29, 0.717) is 12.5 Å². The maximum atomic E-state index is 5.16. The molecule has 0 fully saturated rings. The quantitative estimate of drug-likeness (QED) is 0.715. The van der Waals surface area contributed by atoms with Crippen LogP contribution in [0.25, 0.3) is 0 Å². The summed E-state index contributed by atoms with van der Waals surface area (Å²) in [6, 6.07) is 8.46. The molecule has 0 aliphatic carbocycles. The van der Waals surface area contributed by atoms with Gasteiger partial charge in [-0.2, -0.15) is 0 Å². The van der Waals surface area contributed by atoms with E-state index in [4.69, 9.17) is 6.42 Å². The van der Waals surface area contributed by atoms with E-state index >= 15 is 0 Å². The van der Waals surface area contributed by atoms with Crippen molar-refractivity contribution in [3.8, 4) is 12.3 Å². The highest BCUT2D eigenvalue weighted by Crippen LogP contribution is 2.12. The van der Waals surface area contributed by atoms with E-state index in [0.717, 1.165) is 12.1 Å². The molecular weight excluding hydrogens is 170 g/mol. The molecule has 0 atom stereocenters. The molecule has 0 unspecified atom stereocenters. The molecular formula is C13H17N. The van der Waals surface area contributed by atoms with Crippen molar-refractivity contribution in [1.82, 2.24) is 0 Å². The van der Waals surface area contributed by atoms with Crippen LogP contribution in [0.4, 0.5) is 5.69 Å². The van der Waals surface area contributed by atoms with Crippen LogP contribution in [0.1, 0.15) is 19.4 Å². The number of nitrogens with one attached hydrogen (secondary N) is 1. The number of terminal acetylenes is 1. The van der Waals surface area contributed by atoms with Crippen LogP contribution < -0.4 is 5.32 Å². The van der Waals surface area contributed by atoms with E-state index in [9.17, 15) is 0 Å². The molecule has 0 aromatic heterocycles. The van der Waals surface area contributed by atoms with E-state index in [2.05, 4.69) is 49.4 Å². The Labute approximate surface area is 86.5 Å². The van der Waals surface area contributed by atoms with Crippen molar-refractivity contribution in [2.75, 3.05) is 11.9 Å². The van der Waals surface area contributed by atoms with Gasteiger partial charge in [-0.25, -0.2) is 0 Å². The van der Waals surface area contributed by atoms with Gasteiger partial charge in [0.2, 0.25) is 0 Å².